The van der Waals surface area contributed by atoms with Gasteiger partial charge in [-0.25, -0.2) is 13.6 Å². The first-order valence-corrected chi connectivity index (χ1v) is 10.3. The van der Waals surface area contributed by atoms with Crippen molar-refractivity contribution in [2.45, 2.75) is 45.0 Å². The van der Waals surface area contributed by atoms with E-state index in [0.717, 1.165) is 0 Å². The van der Waals surface area contributed by atoms with Gasteiger partial charge in [-0.3, -0.25) is 4.79 Å². The van der Waals surface area contributed by atoms with Crippen molar-refractivity contribution >= 4 is 21.6 Å². The van der Waals surface area contributed by atoms with Gasteiger partial charge in [0.05, 0.1) is 5.75 Å². The SMILES string of the molecule is CC(Oc1ccc(C(C)(C)C)cc1)C(=O)Nc1cccc(CS(N)(=O)=O)c1. The van der Waals surface area contributed by atoms with Crippen molar-refractivity contribution in [2.24, 2.45) is 5.14 Å². The number of ether oxygens (including phenoxy) is 1. The maximum absolute atomic E-state index is 12.4. The van der Waals surface area contributed by atoms with Gasteiger partial charge in [0, 0.05) is 5.69 Å². The number of carbonyl (C=O) groups excluding carboxylic acids is 1. The van der Waals surface area contributed by atoms with Crippen molar-refractivity contribution in [1.29, 1.82) is 0 Å². The van der Waals surface area contributed by atoms with E-state index in [4.69, 9.17) is 9.88 Å². The molecule has 2 aromatic rings. The number of hydrogen-bond acceptors (Lipinski definition) is 4. The average molecular weight is 391 g/mol. The van der Waals surface area contributed by atoms with E-state index in [9.17, 15) is 13.2 Å². The Morgan fingerprint density at radius 3 is 2.33 bits per heavy atom. The van der Waals surface area contributed by atoms with E-state index in [-0.39, 0.29) is 17.1 Å². The molecule has 0 aliphatic rings. The Morgan fingerprint density at radius 1 is 1.15 bits per heavy atom. The number of carbonyl (C=O) groups is 1. The number of rotatable bonds is 6. The summed E-state index contributed by atoms with van der Waals surface area (Å²) in [5.41, 5.74) is 2.21. The van der Waals surface area contributed by atoms with Gasteiger partial charge in [-0.2, -0.15) is 0 Å². The number of anilines is 1. The van der Waals surface area contributed by atoms with Crippen LogP contribution in [0, 0.1) is 0 Å². The normalized spacial score (nSPS) is 13.1. The van der Waals surface area contributed by atoms with Crippen molar-refractivity contribution in [3.63, 3.8) is 0 Å². The smallest absolute Gasteiger partial charge is 0.265 e. The third kappa shape index (κ3) is 6.69. The molecule has 1 unspecified atom stereocenters. The fraction of sp³-hybridized carbons (Fsp3) is 0.350. The molecule has 0 fully saturated rings. The van der Waals surface area contributed by atoms with E-state index < -0.39 is 16.1 Å². The summed E-state index contributed by atoms with van der Waals surface area (Å²) in [6, 6.07) is 14.2. The zero-order chi connectivity index (χ0) is 20.2. The Kier molecular flexibility index (Phi) is 6.28. The van der Waals surface area contributed by atoms with Crippen LogP contribution in [0.25, 0.3) is 0 Å². The molecule has 0 saturated heterocycles. The molecule has 0 aliphatic heterocycles. The van der Waals surface area contributed by atoms with Crippen molar-refractivity contribution < 1.29 is 17.9 Å². The third-order valence-corrected chi connectivity index (χ3v) is 4.70. The Balaban J connectivity index is 2.00. The summed E-state index contributed by atoms with van der Waals surface area (Å²) in [4.78, 5) is 12.4. The number of hydrogen-bond donors (Lipinski definition) is 2. The highest BCUT2D eigenvalue weighted by Crippen LogP contribution is 2.24. The fourth-order valence-corrected chi connectivity index (χ4v) is 3.15. The number of sulfonamides is 1. The van der Waals surface area contributed by atoms with E-state index in [2.05, 4.69) is 26.1 Å². The molecule has 0 radical (unpaired) electrons. The molecular formula is C20H26N2O4S. The standard InChI is InChI=1S/C20H26N2O4S/c1-14(26-18-10-8-16(9-11-18)20(2,3)4)19(23)22-17-7-5-6-15(12-17)13-27(21,24)25/h5-12,14H,13H2,1-4H3,(H,22,23)(H2,21,24,25). The molecule has 146 valence electrons. The summed E-state index contributed by atoms with van der Waals surface area (Å²) in [6.07, 6.45) is -0.715. The Labute approximate surface area is 160 Å². The molecule has 0 heterocycles. The van der Waals surface area contributed by atoms with Crippen LogP contribution in [0.4, 0.5) is 5.69 Å². The second kappa shape index (κ2) is 8.10. The molecule has 6 nitrogen and oxygen atoms in total. The zero-order valence-corrected chi connectivity index (χ0v) is 16.8. The summed E-state index contributed by atoms with van der Waals surface area (Å²) >= 11 is 0. The summed E-state index contributed by atoms with van der Waals surface area (Å²) in [5, 5.41) is 7.78. The van der Waals surface area contributed by atoms with E-state index in [1.54, 1.807) is 31.2 Å². The Morgan fingerprint density at radius 2 is 1.78 bits per heavy atom. The topological polar surface area (TPSA) is 98.5 Å². The highest BCUT2D eigenvalue weighted by molar-refractivity contribution is 7.88. The maximum atomic E-state index is 12.4. The summed E-state index contributed by atoms with van der Waals surface area (Å²) in [7, 11) is -3.63. The largest absolute Gasteiger partial charge is 0.481 e. The van der Waals surface area contributed by atoms with Gasteiger partial charge in [0.15, 0.2) is 6.10 Å². The van der Waals surface area contributed by atoms with Gasteiger partial charge in [-0.05, 0) is 47.7 Å². The summed E-state index contributed by atoms with van der Waals surface area (Å²) in [6.45, 7) is 8.04. The Bertz CT molecular complexity index is 900. The molecule has 27 heavy (non-hydrogen) atoms. The number of benzene rings is 2. The average Bonchev–Trinajstić information content (AvgIpc) is 2.53. The van der Waals surface area contributed by atoms with Gasteiger partial charge in [-0.1, -0.05) is 45.0 Å². The fourth-order valence-electron chi connectivity index (χ4n) is 2.51. The van der Waals surface area contributed by atoms with Crippen LogP contribution in [0.15, 0.2) is 48.5 Å². The van der Waals surface area contributed by atoms with E-state index in [1.165, 1.54) is 5.56 Å². The molecule has 0 spiro atoms. The van der Waals surface area contributed by atoms with Crippen LogP contribution in [0.3, 0.4) is 0 Å². The van der Waals surface area contributed by atoms with E-state index in [0.29, 0.717) is 17.0 Å². The molecule has 7 heteroatoms. The lowest BCUT2D eigenvalue weighted by Crippen LogP contribution is -2.30. The molecule has 0 saturated carbocycles. The molecule has 0 aliphatic carbocycles. The predicted molar refractivity (Wildman–Crippen MR) is 107 cm³/mol. The van der Waals surface area contributed by atoms with Crippen LogP contribution in [0.1, 0.15) is 38.8 Å². The highest BCUT2D eigenvalue weighted by atomic mass is 32.2. The van der Waals surface area contributed by atoms with Crippen molar-refractivity contribution in [2.75, 3.05) is 5.32 Å². The van der Waals surface area contributed by atoms with E-state index in [1.807, 2.05) is 24.3 Å². The minimum atomic E-state index is -3.63. The lowest BCUT2D eigenvalue weighted by atomic mass is 9.87. The van der Waals surface area contributed by atoms with Crippen molar-refractivity contribution in [3.05, 3.63) is 59.7 Å². The van der Waals surface area contributed by atoms with Gasteiger partial charge in [0.25, 0.3) is 5.91 Å². The maximum Gasteiger partial charge on any atom is 0.265 e. The zero-order valence-electron chi connectivity index (χ0n) is 16.0. The van der Waals surface area contributed by atoms with Gasteiger partial charge in [-0.15, -0.1) is 0 Å². The molecule has 2 rings (SSSR count). The molecular weight excluding hydrogens is 364 g/mol. The van der Waals surface area contributed by atoms with Crippen molar-refractivity contribution in [1.82, 2.24) is 0 Å². The predicted octanol–water partition coefficient (Wildman–Crippen LogP) is 3.18. The molecule has 2 aromatic carbocycles. The van der Waals surface area contributed by atoms with Gasteiger partial charge in [0.1, 0.15) is 5.75 Å². The first-order valence-electron chi connectivity index (χ1n) is 8.61. The monoisotopic (exact) mass is 390 g/mol. The lowest BCUT2D eigenvalue weighted by Gasteiger charge is -2.20. The first-order chi connectivity index (χ1) is 12.4. The van der Waals surface area contributed by atoms with Gasteiger partial charge >= 0.3 is 0 Å². The van der Waals surface area contributed by atoms with Crippen LogP contribution in [0.5, 0.6) is 5.75 Å². The summed E-state index contributed by atoms with van der Waals surface area (Å²) in [5.74, 6) is -0.0145. The second-order valence-corrected chi connectivity index (χ2v) is 9.15. The number of primary sulfonamides is 1. The quantitative estimate of drug-likeness (QED) is 0.791. The number of nitrogens with one attached hydrogen (secondary N) is 1. The molecule has 1 amide bonds. The molecule has 0 bridgehead atoms. The number of amides is 1. The van der Waals surface area contributed by atoms with Crippen LogP contribution in [-0.2, 0) is 26.0 Å². The minimum absolute atomic E-state index is 0.0452. The van der Waals surface area contributed by atoms with Gasteiger partial charge in [0.2, 0.25) is 10.0 Å². The first kappa shape index (κ1) is 20.9. The van der Waals surface area contributed by atoms with E-state index >= 15 is 0 Å². The van der Waals surface area contributed by atoms with Crippen LogP contribution < -0.4 is 15.2 Å². The minimum Gasteiger partial charge on any atom is -0.481 e. The lowest BCUT2D eigenvalue weighted by molar-refractivity contribution is -0.122. The van der Waals surface area contributed by atoms with Gasteiger partial charge < -0.3 is 10.1 Å². The second-order valence-electron chi connectivity index (χ2n) is 7.53. The van der Waals surface area contributed by atoms with Crippen LogP contribution >= 0.6 is 0 Å². The third-order valence-electron chi connectivity index (χ3n) is 3.96. The molecule has 1 atom stereocenters. The Hall–Kier alpha value is -2.38. The number of nitrogens with two attached hydrogens (primary N) is 1. The highest BCUT2D eigenvalue weighted by Gasteiger charge is 2.17. The molecule has 3 N–H and O–H groups in total. The molecule has 0 aromatic heterocycles. The van der Waals surface area contributed by atoms with Crippen LogP contribution in [-0.4, -0.2) is 20.4 Å². The van der Waals surface area contributed by atoms with Crippen molar-refractivity contribution in [3.8, 4) is 5.75 Å². The van der Waals surface area contributed by atoms with Crippen LogP contribution in [0.2, 0.25) is 0 Å². The summed E-state index contributed by atoms with van der Waals surface area (Å²) < 4.78 is 28.1.